The van der Waals surface area contributed by atoms with Crippen LogP contribution >= 0.6 is 0 Å². The molecule has 3 heterocycles. The number of urea groups is 1. The second-order valence-electron chi connectivity index (χ2n) is 7.31. The van der Waals surface area contributed by atoms with Crippen LogP contribution in [0.3, 0.4) is 0 Å². The standard InChI is InChI=1S/C20H27N5O4/c1-27-16-5-3-15(4-6-16)18-21-19(29-22-18)23-11-13-25(14-12-23)20(26)24-9-7-17(28-2)8-10-24/h3-6,17H,7-14H2,1-2H3. The molecule has 9 nitrogen and oxygen atoms in total. The normalized spacial score (nSPS) is 18.2. The molecule has 0 spiro atoms. The van der Waals surface area contributed by atoms with Gasteiger partial charge in [-0.2, -0.15) is 4.98 Å². The summed E-state index contributed by atoms with van der Waals surface area (Å²) in [5.41, 5.74) is 0.870. The van der Waals surface area contributed by atoms with E-state index >= 15 is 0 Å². The van der Waals surface area contributed by atoms with Crippen molar-refractivity contribution in [1.29, 1.82) is 0 Å². The van der Waals surface area contributed by atoms with Gasteiger partial charge in [-0.15, -0.1) is 0 Å². The molecule has 0 aliphatic carbocycles. The van der Waals surface area contributed by atoms with Gasteiger partial charge in [0.05, 0.1) is 13.2 Å². The minimum Gasteiger partial charge on any atom is -0.497 e. The molecule has 29 heavy (non-hydrogen) atoms. The van der Waals surface area contributed by atoms with Crippen LogP contribution in [-0.2, 0) is 4.74 Å². The zero-order chi connectivity index (χ0) is 20.2. The number of ether oxygens (including phenoxy) is 2. The van der Waals surface area contributed by atoms with E-state index in [0.29, 0.717) is 38.0 Å². The predicted molar refractivity (Wildman–Crippen MR) is 107 cm³/mol. The van der Waals surface area contributed by atoms with Crippen molar-refractivity contribution in [2.75, 3.05) is 58.4 Å². The Balaban J connectivity index is 1.31. The predicted octanol–water partition coefficient (Wildman–Crippen LogP) is 2.10. The number of anilines is 1. The highest BCUT2D eigenvalue weighted by Crippen LogP contribution is 2.23. The molecule has 2 fully saturated rings. The Morgan fingerprint density at radius 2 is 1.66 bits per heavy atom. The third kappa shape index (κ3) is 4.29. The zero-order valence-electron chi connectivity index (χ0n) is 16.9. The van der Waals surface area contributed by atoms with Crippen LogP contribution < -0.4 is 9.64 Å². The number of amides is 2. The van der Waals surface area contributed by atoms with Gasteiger partial charge in [-0.25, -0.2) is 4.79 Å². The Bertz CT molecular complexity index is 809. The molecule has 0 bridgehead atoms. The lowest BCUT2D eigenvalue weighted by Gasteiger charge is -2.39. The number of piperidine rings is 1. The number of benzene rings is 1. The van der Waals surface area contributed by atoms with E-state index in [4.69, 9.17) is 14.0 Å². The van der Waals surface area contributed by atoms with Gasteiger partial charge < -0.3 is 28.7 Å². The number of carbonyl (C=O) groups excluding carboxylic acids is 1. The Morgan fingerprint density at radius 3 is 2.28 bits per heavy atom. The Labute approximate surface area is 170 Å². The number of nitrogens with zero attached hydrogens (tertiary/aromatic N) is 5. The van der Waals surface area contributed by atoms with Gasteiger partial charge in [0.2, 0.25) is 5.82 Å². The first-order chi connectivity index (χ1) is 14.2. The SMILES string of the molecule is COc1ccc(-c2noc(N3CCN(C(=O)N4CCC(OC)CC4)CC3)n2)cc1. The van der Waals surface area contributed by atoms with Crippen molar-refractivity contribution < 1.29 is 18.8 Å². The number of piperazine rings is 1. The summed E-state index contributed by atoms with van der Waals surface area (Å²) in [6, 6.07) is 8.14. The summed E-state index contributed by atoms with van der Waals surface area (Å²) in [5, 5.41) is 4.09. The lowest BCUT2D eigenvalue weighted by Crippen LogP contribution is -2.54. The van der Waals surface area contributed by atoms with E-state index in [2.05, 4.69) is 10.1 Å². The van der Waals surface area contributed by atoms with Gasteiger partial charge in [0, 0.05) is 51.9 Å². The van der Waals surface area contributed by atoms with Crippen LogP contribution in [0.4, 0.5) is 10.8 Å². The molecule has 2 aromatic rings. The van der Waals surface area contributed by atoms with Gasteiger partial charge in [0.1, 0.15) is 5.75 Å². The average molecular weight is 401 g/mol. The van der Waals surface area contributed by atoms with E-state index in [9.17, 15) is 4.79 Å². The zero-order valence-corrected chi connectivity index (χ0v) is 16.9. The van der Waals surface area contributed by atoms with E-state index in [1.807, 2.05) is 39.0 Å². The van der Waals surface area contributed by atoms with Crippen molar-refractivity contribution in [2.24, 2.45) is 0 Å². The number of rotatable bonds is 4. The van der Waals surface area contributed by atoms with Gasteiger partial charge in [-0.1, -0.05) is 5.16 Å². The number of hydrogen-bond donors (Lipinski definition) is 0. The number of hydrogen-bond acceptors (Lipinski definition) is 7. The van der Waals surface area contributed by atoms with Crippen molar-refractivity contribution in [1.82, 2.24) is 19.9 Å². The van der Waals surface area contributed by atoms with Crippen molar-refractivity contribution in [2.45, 2.75) is 18.9 Å². The maximum Gasteiger partial charge on any atom is 0.324 e. The largest absolute Gasteiger partial charge is 0.497 e. The fourth-order valence-electron chi connectivity index (χ4n) is 3.77. The minimum atomic E-state index is 0.114. The first-order valence-electron chi connectivity index (χ1n) is 9.97. The molecule has 2 aliphatic heterocycles. The topological polar surface area (TPSA) is 84.2 Å². The fourth-order valence-corrected chi connectivity index (χ4v) is 3.77. The van der Waals surface area contributed by atoms with E-state index in [1.54, 1.807) is 14.2 Å². The molecule has 1 aromatic carbocycles. The maximum absolute atomic E-state index is 12.8. The third-order valence-corrected chi connectivity index (χ3v) is 5.63. The van der Waals surface area contributed by atoms with Crippen molar-refractivity contribution in [3.8, 4) is 17.1 Å². The van der Waals surface area contributed by atoms with Gasteiger partial charge in [0.15, 0.2) is 0 Å². The lowest BCUT2D eigenvalue weighted by molar-refractivity contribution is 0.0442. The summed E-state index contributed by atoms with van der Waals surface area (Å²) < 4.78 is 16.0. The average Bonchev–Trinajstić information content (AvgIpc) is 3.29. The van der Waals surface area contributed by atoms with E-state index in [0.717, 1.165) is 37.2 Å². The summed E-state index contributed by atoms with van der Waals surface area (Å²) in [5.74, 6) is 1.33. The van der Waals surface area contributed by atoms with Gasteiger partial charge in [-0.3, -0.25) is 0 Å². The Morgan fingerprint density at radius 1 is 1.00 bits per heavy atom. The second kappa shape index (κ2) is 8.69. The summed E-state index contributed by atoms with van der Waals surface area (Å²) in [7, 11) is 3.37. The van der Waals surface area contributed by atoms with Gasteiger partial charge in [-0.05, 0) is 37.1 Å². The molecule has 0 saturated carbocycles. The van der Waals surface area contributed by atoms with Crippen molar-refractivity contribution in [3.05, 3.63) is 24.3 Å². The summed E-state index contributed by atoms with van der Waals surface area (Å²) in [4.78, 5) is 23.1. The number of likely N-dealkylation sites (tertiary alicyclic amines) is 1. The molecule has 0 atom stereocenters. The molecule has 0 unspecified atom stereocenters. The number of methoxy groups -OCH3 is 2. The Hall–Kier alpha value is -2.81. The molecular formula is C20H27N5O4. The second-order valence-corrected chi connectivity index (χ2v) is 7.31. The molecular weight excluding hydrogens is 374 g/mol. The molecule has 1 aromatic heterocycles. The first-order valence-corrected chi connectivity index (χ1v) is 9.97. The summed E-state index contributed by atoms with van der Waals surface area (Å²) >= 11 is 0. The van der Waals surface area contributed by atoms with E-state index in [1.165, 1.54) is 0 Å². The monoisotopic (exact) mass is 401 g/mol. The molecule has 2 saturated heterocycles. The van der Waals surface area contributed by atoms with Gasteiger partial charge in [0.25, 0.3) is 0 Å². The van der Waals surface area contributed by atoms with Crippen LogP contribution in [0.15, 0.2) is 28.8 Å². The van der Waals surface area contributed by atoms with Crippen LogP contribution in [0, 0.1) is 0 Å². The molecule has 2 aliphatic rings. The molecule has 156 valence electrons. The molecule has 9 heteroatoms. The Kier molecular flexibility index (Phi) is 5.84. The number of carbonyl (C=O) groups is 1. The summed E-state index contributed by atoms with van der Waals surface area (Å²) in [6.07, 6.45) is 2.07. The third-order valence-electron chi connectivity index (χ3n) is 5.63. The fraction of sp³-hybridized carbons (Fsp3) is 0.550. The summed E-state index contributed by atoms with van der Waals surface area (Å²) in [6.45, 7) is 4.14. The van der Waals surface area contributed by atoms with Crippen LogP contribution in [0.25, 0.3) is 11.4 Å². The first kappa shape index (κ1) is 19.5. The minimum absolute atomic E-state index is 0.114. The van der Waals surface area contributed by atoms with Crippen molar-refractivity contribution in [3.63, 3.8) is 0 Å². The van der Waals surface area contributed by atoms with Crippen LogP contribution in [0.2, 0.25) is 0 Å². The lowest BCUT2D eigenvalue weighted by atomic mass is 10.1. The van der Waals surface area contributed by atoms with Crippen molar-refractivity contribution >= 4 is 12.0 Å². The quantitative estimate of drug-likeness (QED) is 0.776. The molecule has 0 N–H and O–H groups in total. The highest BCUT2D eigenvalue weighted by Gasteiger charge is 2.29. The highest BCUT2D eigenvalue weighted by atomic mass is 16.5. The smallest absolute Gasteiger partial charge is 0.324 e. The van der Waals surface area contributed by atoms with Gasteiger partial charge >= 0.3 is 12.0 Å². The number of aromatic nitrogens is 2. The highest BCUT2D eigenvalue weighted by molar-refractivity contribution is 5.75. The van der Waals surface area contributed by atoms with Crippen LogP contribution in [0.5, 0.6) is 5.75 Å². The van der Waals surface area contributed by atoms with Crippen LogP contribution in [-0.4, -0.2) is 85.6 Å². The molecule has 4 rings (SSSR count). The maximum atomic E-state index is 12.8. The molecule has 2 amide bonds. The van der Waals surface area contributed by atoms with Crippen LogP contribution in [0.1, 0.15) is 12.8 Å². The van der Waals surface area contributed by atoms with E-state index in [-0.39, 0.29) is 12.1 Å². The van der Waals surface area contributed by atoms with E-state index < -0.39 is 0 Å². The molecule has 0 radical (unpaired) electrons.